The third-order valence-corrected chi connectivity index (χ3v) is 3.90. The maximum absolute atomic E-state index is 11.0. The monoisotopic (exact) mass is 309 g/mol. The van der Waals surface area contributed by atoms with Crippen LogP contribution in [-0.4, -0.2) is 21.6 Å². The molecule has 0 atom stereocenters. The molecular formula is C14H31NO4S. The molecule has 5 nitrogen and oxygen atoms in total. The molecule has 0 heterocycles. The van der Waals surface area contributed by atoms with Crippen LogP contribution < -0.4 is 5.48 Å². The van der Waals surface area contributed by atoms with Crippen LogP contribution in [0.25, 0.3) is 0 Å². The van der Waals surface area contributed by atoms with Crippen LogP contribution in [0.2, 0.25) is 0 Å². The van der Waals surface area contributed by atoms with Gasteiger partial charge in [-0.25, -0.2) is 4.18 Å². The van der Waals surface area contributed by atoms with Crippen LogP contribution in [0.3, 0.4) is 0 Å². The van der Waals surface area contributed by atoms with Gasteiger partial charge in [-0.2, -0.15) is 18.2 Å². The first kappa shape index (κ1) is 19.8. The standard InChI is InChI=1S/C14H31NO4S/c1-3-5-6-7-8-9-10-11-12-13-14-15-19-20(16,17)18-4-2/h15H,3-14H2,1-2H3. The summed E-state index contributed by atoms with van der Waals surface area (Å²) in [6.07, 6.45) is 12.5. The summed E-state index contributed by atoms with van der Waals surface area (Å²) >= 11 is 0. The van der Waals surface area contributed by atoms with Crippen LogP contribution in [0.4, 0.5) is 0 Å². The highest BCUT2D eigenvalue weighted by atomic mass is 32.3. The summed E-state index contributed by atoms with van der Waals surface area (Å²) in [4.78, 5) is 0. The summed E-state index contributed by atoms with van der Waals surface area (Å²) in [5.41, 5.74) is 2.42. The lowest BCUT2D eigenvalue weighted by Gasteiger charge is -2.05. The fraction of sp³-hybridized carbons (Fsp3) is 1.00. The Morgan fingerprint density at radius 2 is 1.30 bits per heavy atom. The smallest absolute Gasteiger partial charge is 0.247 e. The summed E-state index contributed by atoms with van der Waals surface area (Å²) in [6.45, 7) is 4.45. The largest absolute Gasteiger partial charge is 0.416 e. The lowest BCUT2D eigenvalue weighted by Crippen LogP contribution is -2.22. The van der Waals surface area contributed by atoms with Gasteiger partial charge in [0, 0.05) is 6.54 Å². The number of unbranched alkanes of at least 4 members (excludes halogenated alkanes) is 9. The molecule has 0 aliphatic heterocycles. The van der Waals surface area contributed by atoms with Crippen molar-refractivity contribution in [1.29, 1.82) is 0 Å². The Balaban J connectivity index is 3.17. The quantitative estimate of drug-likeness (QED) is 0.369. The molecule has 0 saturated heterocycles. The van der Waals surface area contributed by atoms with E-state index in [0.717, 1.165) is 12.8 Å². The summed E-state index contributed by atoms with van der Waals surface area (Å²) in [6, 6.07) is 0. The second kappa shape index (κ2) is 13.8. The predicted molar refractivity (Wildman–Crippen MR) is 81.5 cm³/mol. The van der Waals surface area contributed by atoms with Crippen LogP contribution in [0, 0.1) is 0 Å². The molecule has 0 aliphatic carbocycles. The maximum Gasteiger partial charge on any atom is 0.416 e. The van der Waals surface area contributed by atoms with Crippen molar-refractivity contribution in [3.05, 3.63) is 0 Å². The van der Waals surface area contributed by atoms with Crippen molar-refractivity contribution in [2.45, 2.75) is 78.1 Å². The normalized spacial score (nSPS) is 11.9. The molecular weight excluding hydrogens is 278 g/mol. The number of rotatable bonds is 15. The topological polar surface area (TPSA) is 64.6 Å². The highest BCUT2D eigenvalue weighted by Gasteiger charge is 2.09. The van der Waals surface area contributed by atoms with Crippen molar-refractivity contribution in [2.75, 3.05) is 13.2 Å². The molecule has 0 fully saturated rings. The first-order chi connectivity index (χ1) is 9.62. The summed E-state index contributed by atoms with van der Waals surface area (Å²) in [7, 11) is -3.86. The van der Waals surface area contributed by atoms with E-state index in [2.05, 4.69) is 20.9 Å². The van der Waals surface area contributed by atoms with Crippen molar-refractivity contribution < 1.29 is 16.9 Å². The molecule has 1 N–H and O–H groups in total. The third-order valence-electron chi connectivity index (χ3n) is 3.06. The van der Waals surface area contributed by atoms with Crippen molar-refractivity contribution in [2.24, 2.45) is 0 Å². The summed E-state index contributed by atoms with van der Waals surface area (Å²) in [5, 5.41) is 0. The second-order valence-electron chi connectivity index (χ2n) is 4.97. The fourth-order valence-electron chi connectivity index (χ4n) is 1.97. The van der Waals surface area contributed by atoms with Gasteiger partial charge in [0.15, 0.2) is 0 Å². The second-order valence-corrected chi connectivity index (χ2v) is 6.19. The van der Waals surface area contributed by atoms with Gasteiger partial charge < -0.3 is 0 Å². The van der Waals surface area contributed by atoms with E-state index in [9.17, 15) is 8.42 Å². The van der Waals surface area contributed by atoms with E-state index in [1.54, 1.807) is 6.92 Å². The maximum atomic E-state index is 11.0. The number of nitrogens with one attached hydrogen (secondary N) is 1. The highest BCUT2D eigenvalue weighted by Crippen LogP contribution is 2.10. The molecule has 122 valence electrons. The zero-order chi connectivity index (χ0) is 15.1. The summed E-state index contributed by atoms with van der Waals surface area (Å²) < 4.78 is 30.9. The molecule has 0 aliphatic rings. The zero-order valence-electron chi connectivity index (χ0n) is 13.0. The average molecular weight is 309 g/mol. The van der Waals surface area contributed by atoms with Gasteiger partial charge in [0.2, 0.25) is 0 Å². The highest BCUT2D eigenvalue weighted by molar-refractivity contribution is 7.81. The Bertz CT molecular complexity index is 294. The number of hydrogen-bond donors (Lipinski definition) is 1. The van der Waals surface area contributed by atoms with Gasteiger partial charge in [0.1, 0.15) is 0 Å². The number of hydroxylamine groups is 1. The van der Waals surface area contributed by atoms with Gasteiger partial charge in [0.05, 0.1) is 6.61 Å². The van der Waals surface area contributed by atoms with Crippen LogP contribution >= 0.6 is 0 Å². The van der Waals surface area contributed by atoms with Crippen LogP contribution in [0.15, 0.2) is 0 Å². The SMILES string of the molecule is CCCCCCCCCCCCNOS(=O)(=O)OCC. The van der Waals surface area contributed by atoms with Crippen molar-refractivity contribution in [1.82, 2.24) is 5.48 Å². The Labute approximate surface area is 124 Å². The minimum absolute atomic E-state index is 0.0856. The van der Waals surface area contributed by atoms with E-state index in [-0.39, 0.29) is 6.61 Å². The summed E-state index contributed by atoms with van der Waals surface area (Å²) in [5.74, 6) is 0. The Morgan fingerprint density at radius 3 is 1.80 bits per heavy atom. The molecule has 0 spiro atoms. The fourth-order valence-corrected chi connectivity index (χ4v) is 2.53. The minimum atomic E-state index is -3.86. The molecule has 0 rings (SSSR count). The Hall–Kier alpha value is -0.170. The first-order valence-corrected chi connectivity index (χ1v) is 9.26. The zero-order valence-corrected chi connectivity index (χ0v) is 13.8. The van der Waals surface area contributed by atoms with Crippen LogP contribution in [0.1, 0.15) is 78.1 Å². The molecule has 0 unspecified atom stereocenters. The van der Waals surface area contributed by atoms with E-state index in [4.69, 9.17) is 0 Å². The first-order valence-electron chi connectivity index (χ1n) is 7.93. The van der Waals surface area contributed by atoms with Crippen LogP contribution in [-0.2, 0) is 18.9 Å². The van der Waals surface area contributed by atoms with E-state index in [1.807, 2.05) is 0 Å². The molecule has 0 saturated carbocycles. The van der Waals surface area contributed by atoms with Gasteiger partial charge in [-0.3, -0.25) is 0 Å². The van der Waals surface area contributed by atoms with Crippen molar-refractivity contribution in [3.63, 3.8) is 0 Å². The molecule has 0 aromatic heterocycles. The molecule has 20 heavy (non-hydrogen) atoms. The van der Waals surface area contributed by atoms with E-state index < -0.39 is 10.4 Å². The molecule has 0 aromatic rings. The van der Waals surface area contributed by atoms with Gasteiger partial charge in [0.25, 0.3) is 0 Å². The average Bonchev–Trinajstić information content (AvgIpc) is 2.40. The van der Waals surface area contributed by atoms with E-state index in [1.165, 1.54) is 51.4 Å². The van der Waals surface area contributed by atoms with Crippen molar-refractivity contribution >= 4 is 10.4 Å². The van der Waals surface area contributed by atoms with Crippen LogP contribution in [0.5, 0.6) is 0 Å². The third kappa shape index (κ3) is 14.2. The van der Waals surface area contributed by atoms with Gasteiger partial charge in [-0.15, -0.1) is 0 Å². The molecule has 0 amide bonds. The van der Waals surface area contributed by atoms with Gasteiger partial charge in [-0.1, -0.05) is 64.7 Å². The molecule has 0 bridgehead atoms. The molecule has 0 aromatic carbocycles. The minimum Gasteiger partial charge on any atom is -0.247 e. The van der Waals surface area contributed by atoms with E-state index in [0.29, 0.717) is 6.54 Å². The van der Waals surface area contributed by atoms with Gasteiger partial charge >= 0.3 is 10.4 Å². The number of hydrogen-bond acceptors (Lipinski definition) is 5. The Kier molecular flexibility index (Phi) is 13.7. The van der Waals surface area contributed by atoms with Crippen molar-refractivity contribution in [3.8, 4) is 0 Å². The Morgan fingerprint density at radius 1 is 0.800 bits per heavy atom. The lowest BCUT2D eigenvalue weighted by molar-refractivity contribution is 0.151. The van der Waals surface area contributed by atoms with E-state index >= 15 is 0 Å². The molecule has 6 heteroatoms. The van der Waals surface area contributed by atoms with Gasteiger partial charge in [-0.05, 0) is 13.3 Å². The molecule has 0 radical (unpaired) electrons. The lowest BCUT2D eigenvalue weighted by atomic mass is 10.1. The predicted octanol–water partition coefficient (Wildman–Crippen LogP) is 3.71.